The Bertz CT molecular complexity index is 209. The zero-order valence-electron chi connectivity index (χ0n) is 10.9. The van der Waals surface area contributed by atoms with Crippen LogP contribution in [0.2, 0.25) is 0 Å². The summed E-state index contributed by atoms with van der Waals surface area (Å²) in [6.07, 6.45) is 4.44. The van der Waals surface area contributed by atoms with E-state index in [1.54, 1.807) is 0 Å². The summed E-state index contributed by atoms with van der Waals surface area (Å²) in [5.41, 5.74) is 0.746. The molecule has 0 aromatic heterocycles. The van der Waals surface area contributed by atoms with Crippen LogP contribution in [-0.4, -0.2) is 24.5 Å². The Morgan fingerprint density at radius 1 is 1.13 bits per heavy atom. The summed E-state index contributed by atoms with van der Waals surface area (Å²) < 4.78 is 0. The van der Waals surface area contributed by atoms with Crippen LogP contribution in [0.1, 0.15) is 47.0 Å². The van der Waals surface area contributed by atoms with Crippen molar-refractivity contribution in [2.45, 2.75) is 47.0 Å². The lowest BCUT2D eigenvalue weighted by molar-refractivity contribution is 0.0449. The van der Waals surface area contributed by atoms with Gasteiger partial charge >= 0.3 is 0 Å². The third-order valence-corrected chi connectivity index (χ3v) is 4.29. The van der Waals surface area contributed by atoms with Gasteiger partial charge in [0.25, 0.3) is 0 Å². The van der Waals surface area contributed by atoms with E-state index >= 15 is 0 Å². The van der Waals surface area contributed by atoms with Gasteiger partial charge in [-0.15, -0.1) is 0 Å². The minimum absolute atomic E-state index is 0.746. The Kier molecular flexibility index (Phi) is 3.12. The van der Waals surface area contributed by atoms with E-state index < -0.39 is 0 Å². The van der Waals surface area contributed by atoms with E-state index in [9.17, 15) is 0 Å². The van der Waals surface area contributed by atoms with Crippen molar-refractivity contribution < 1.29 is 0 Å². The van der Waals surface area contributed by atoms with Crippen molar-refractivity contribution in [2.24, 2.45) is 23.2 Å². The van der Waals surface area contributed by atoms with Gasteiger partial charge in [-0.2, -0.15) is 0 Å². The van der Waals surface area contributed by atoms with Crippen LogP contribution in [0.5, 0.6) is 0 Å². The van der Waals surface area contributed by atoms with Crippen LogP contribution in [-0.2, 0) is 0 Å². The Morgan fingerprint density at radius 3 is 2.13 bits per heavy atom. The van der Waals surface area contributed by atoms with Gasteiger partial charge in [-0.25, -0.2) is 0 Å². The Balaban J connectivity index is 1.71. The third-order valence-electron chi connectivity index (χ3n) is 4.29. The van der Waals surface area contributed by atoms with Crippen LogP contribution >= 0.6 is 0 Å². The molecule has 2 aliphatic rings. The molecule has 0 aromatic rings. The molecule has 1 heteroatoms. The minimum Gasteiger partial charge on any atom is -0.302 e. The average Bonchev–Trinajstić information content (AvgIpc) is 2.75. The van der Waals surface area contributed by atoms with E-state index in [1.807, 2.05) is 0 Å². The monoisotopic (exact) mass is 209 g/mol. The summed E-state index contributed by atoms with van der Waals surface area (Å²) in [5, 5.41) is 0. The first-order chi connectivity index (χ1) is 7.01. The summed E-state index contributed by atoms with van der Waals surface area (Å²) in [6, 6.07) is 0. The summed E-state index contributed by atoms with van der Waals surface area (Å²) in [7, 11) is 0. The van der Waals surface area contributed by atoms with Crippen molar-refractivity contribution in [3.05, 3.63) is 0 Å². The molecular formula is C14H27N. The van der Waals surface area contributed by atoms with E-state index in [0.29, 0.717) is 0 Å². The lowest BCUT2D eigenvalue weighted by atomic mass is 9.86. The molecule has 0 spiro atoms. The molecule has 0 bridgehead atoms. The third kappa shape index (κ3) is 2.75. The van der Waals surface area contributed by atoms with Gasteiger partial charge in [0.2, 0.25) is 0 Å². The van der Waals surface area contributed by atoms with E-state index in [2.05, 4.69) is 32.6 Å². The fraction of sp³-hybridized carbons (Fsp3) is 1.00. The summed E-state index contributed by atoms with van der Waals surface area (Å²) in [5.74, 6) is 2.76. The molecule has 0 unspecified atom stereocenters. The lowest BCUT2D eigenvalue weighted by Gasteiger charge is -2.43. The van der Waals surface area contributed by atoms with Crippen molar-refractivity contribution >= 4 is 0 Å². The molecule has 1 saturated carbocycles. The normalized spacial score (nSPS) is 26.0. The molecule has 2 fully saturated rings. The van der Waals surface area contributed by atoms with Crippen molar-refractivity contribution in [1.82, 2.24) is 4.90 Å². The number of hydrogen-bond donors (Lipinski definition) is 0. The molecule has 15 heavy (non-hydrogen) atoms. The first kappa shape index (κ1) is 11.4. The SMILES string of the molecule is CC(C)CC1(CN2CC(C(C)C)C2)CC1. The fourth-order valence-corrected chi connectivity index (χ4v) is 3.10. The smallest absolute Gasteiger partial charge is 0.00383 e. The average molecular weight is 209 g/mol. The fourth-order valence-electron chi connectivity index (χ4n) is 3.10. The molecule has 0 radical (unpaired) electrons. The number of likely N-dealkylation sites (tertiary alicyclic amines) is 1. The zero-order chi connectivity index (χ0) is 11.1. The maximum Gasteiger partial charge on any atom is 0.00383 e. The molecule has 0 atom stereocenters. The highest BCUT2D eigenvalue weighted by molar-refractivity contribution is 4.98. The van der Waals surface area contributed by atoms with Gasteiger partial charge in [-0.05, 0) is 42.4 Å². The van der Waals surface area contributed by atoms with E-state index in [0.717, 1.165) is 23.2 Å². The predicted molar refractivity (Wildman–Crippen MR) is 65.9 cm³/mol. The van der Waals surface area contributed by atoms with E-state index in [1.165, 1.54) is 38.9 Å². The summed E-state index contributed by atoms with van der Waals surface area (Å²) >= 11 is 0. The van der Waals surface area contributed by atoms with Gasteiger partial charge in [0, 0.05) is 19.6 Å². The van der Waals surface area contributed by atoms with Crippen molar-refractivity contribution in [3.8, 4) is 0 Å². The van der Waals surface area contributed by atoms with Crippen molar-refractivity contribution in [3.63, 3.8) is 0 Å². The molecular weight excluding hydrogens is 182 g/mol. The van der Waals surface area contributed by atoms with Crippen LogP contribution in [0.25, 0.3) is 0 Å². The second kappa shape index (κ2) is 4.08. The van der Waals surface area contributed by atoms with Crippen LogP contribution in [0.3, 0.4) is 0 Å². The Hall–Kier alpha value is -0.0400. The van der Waals surface area contributed by atoms with Gasteiger partial charge in [-0.3, -0.25) is 0 Å². The molecule has 2 rings (SSSR count). The molecule has 1 aliphatic heterocycles. The standard InChI is InChI=1S/C14H27N/c1-11(2)7-14(5-6-14)10-15-8-13(9-15)12(3)4/h11-13H,5-10H2,1-4H3. The molecule has 1 saturated heterocycles. The maximum absolute atomic E-state index is 2.69. The molecule has 88 valence electrons. The van der Waals surface area contributed by atoms with Crippen molar-refractivity contribution in [2.75, 3.05) is 19.6 Å². The first-order valence-corrected chi connectivity index (χ1v) is 6.73. The van der Waals surface area contributed by atoms with Gasteiger partial charge in [0.15, 0.2) is 0 Å². The second-order valence-electron chi connectivity index (χ2n) is 6.80. The summed E-state index contributed by atoms with van der Waals surface area (Å²) in [4.78, 5) is 2.69. The molecule has 1 aliphatic carbocycles. The van der Waals surface area contributed by atoms with Crippen LogP contribution < -0.4 is 0 Å². The Labute approximate surface area is 95.2 Å². The minimum atomic E-state index is 0.746. The van der Waals surface area contributed by atoms with E-state index in [4.69, 9.17) is 0 Å². The van der Waals surface area contributed by atoms with Crippen LogP contribution in [0.15, 0.2) is 0 Å². The van der Waals surface area contributed by atoms with Crippen molar-refractivity contribution in [1.29, 1.82) is 0 Å². The topological polar surface area (TPSA) is 3.24 Å². The zero-order valence-corrected chi connectivity index (χ0v) is 10.9. The lowest BCUT2D eigenvalue weighted by Crippen LogP contribution is -2.51. The molecule has 0 N–H and O–H groups in total. The van der Waals surface area contributed by atoms with Crippen LogP contribution in [0, 0.1) is 23.2 Å². The molecule has 1 heterocycles. The van der Waals surface area contributed by atoms with Gasteiger partial charge < -0.3 is 4.90 Å². The highest BCUT2D eigenvalue weighted by atomic mass is 15.2. The number of hydrogen-bond acceptors (Lipinski definition) is 1. The number of nitrogens with zero attached hydrogens (tertiary/aromatic N) is 1. The maximum atomic E-state index is 2.69. The molecule has 0 amide bonds. The predicted octanol–water partition coefficient (Wildman–Crippen LogP) is 3.40. The van der Waals surface area contributed by atoms with Gasteiger partial charge in [0.1, 0.15) is 0 Å². The van der Waals surface area contributed by atoms with Gasteiger partial charge in [-0.1, -0.05) is 27.7 Å². The Morgan fingerprint density at radius 2 is 1.73 bits per heavy atom. The molecule has 1 nitrogen and oxygen atoms in total. The second-order valence-corrected chi connectivity index (χ2v) is 6.80. The largest absolute Gasteiger partial charge is 0.302 e. The van der Waals surface area contributed by atoms with Gasteiger partial charge in [0.05, 0.1) is 0 Å². The first-order valence-electron chi connectivity index (χ1n) is 6.73. The number of rotatable bonds is 5. The highest BCUT2D eigenvalue weighted by Gasteiger charge is 2.45. The highest BCUT2D eigenvalue weighted by Crippen LogP contribution is 2.51. The molecule has 0 aromatic carbocycles. The summed E-state index contributed by atoms with van der Waals surface area (Å²) in [6.45, 7) is 13.6. The quantitative estimate of drug-likeness (QED) is 0.671. The van der Waals surface area contributed by atoms with Crippen LogP contribution in [0.4, 0.5) is 0 Å². The van der Waals surface area contributed by atoms with E-state index in [-0.39, 0.29) is 0 Å².